The minimum atomic E-state index is -0.0549. The number of rotatable bonds is 6. The second kappa shape index (κ2) is 6.74. The monoisotopic (exact) mass is 232 g/mol. The summed E-state index contributed by atoms with van der Waals surface area (Å²) in [5.74, 6) is -0.0549. The van der Waals surface area contributed by atoms with Crippen LogP contribution >= 0.6 is 0 Å². The molecule has 0 aliphatic carbocycles. The van der Waals surface area contributed by atoms with E-state index in [4.69, 9.17) is 0 Å². The van der Waals surface area contributed by atoms with Crippen molar-refractivity contribution in [2.75, 3.05) is 10.6 Å². The van der Waals surface area contributed by atoms with Crippen LogP contribution in [-0.4, -0.2) is 11.9 Å². The van der Waals surface area contributed by atoms with Crippen LogP contribution in [0.4, 0.5) is 11.4 Å². The third-order valence-electron chi connectivity index (χ3n) is 2.44. The molecule has 2 N–H and O–H groups in total. The molecule has 0 saturated heterocycles. The minimum Gasteiger partial charge on any atom is -0.379 e. The zero-order chi connectivity index (χ0) is 12.7. The first-order valence-electron chi connectivity index (χ1n) is 5.92. The molecule has 0 unspecified atom stereocenters. The zero-order valence-electron chi connectivity index (χ0n) is 10.5. The van der Waals surface area contributed by atoms with Gasteiger partial charge in [0, 0.05) is 24.3 Å². The lowest BCUT2D eigenvalue weighted by atomic mass is 10.1. The molecule has 0 aliphatic heterocycles. The number of anilines is 2. The van der Waals surface area contributed by atoms with E-state index in [0.717, 1.165) is 24.2 Å². The first kappa shape index (κ1) is 13.3. The molecule has 3 heteroatoms. The third kappa shape index (κ3) is 4.72. The van der Waals surface area contributed by atoms with Crippen LogP contribution in [-0.2, 0) is 4.79 Å². The molecule has 0 spiro atoms. The molecular weight excluding hydrogens is 212 g/mol. The summed E-state index contributed by atoms with van der Waals surface area (Å²) in [6.07, 6.45) is 4.11. The van der Waals surface area contributed by atoms with Gasteiger partial charge in [-0.1, -0.05) is 19.4 Å². The summed E-state index contributed by atoms with van der Waals surface area (Å²) >= 11 is 0. The lowest BCUT2D eigenvalue weighted by molar-refractivity contribution is -0.114. The number of amides is 1. The van der Waals surface area contributed by atoms with Gasteiger partial charge in [-0.25, -0.2) is 0 Å². The predicted molar refractivity (Wildman–Crippen MR) is 73.3 cm³/mol. The molecular formula is C14H20N2O. The minimum absolute atomic E-state index is 0.0549. The van der Waals surface area contributed by atoms with Crippen molar-refractivity contribution in [3.05, 3.63) is 36.9 Å². The molecule has 1 amide bonds. The number of hydrogen-bond acceptors (Lipinski definition) is 2. The number of hydrogen-bond donors (Lipinski definition) is 2. The van der Waals surface area contributed by atoms with E-state index in [1.807, 2.05) is 30.3 Å². The summed E-state index contributed by atoms with van der Waals surface area (Å²) in [5, 5.41) is 6.12. The van der Waals surface area contributed by atoms with E-state index in [2.05, 4.69) is 24.1 Å². The molecule has 92 valence electrons. The standard InChI is InChI=1S/C14H20N2O/c1-4-6-12(5-2)16-14-9-7-13(8-10-14)15-11(3)17/h5,7-10,12,16H,2,4,6H2,1,3H3,(H,15,17)/t12-/m0/s1. The number of carbonyl (C=O) groups is 1. The molecule has 0 saturated carbocycles. The van der Waals surface area contributed by atoms with Crippen LogP contribution in [0.1, 0.15) is 26.7 Å². The van der Waals surface area contributed by atoms with Crippen molar-refractivity contribution in [2.45, 2.75) is 32.7 Å². The van der Waals surface area contributed by atoms with Crippen molar-refractivity contribution in [1.82, 2.24) is 0 Å². The highest BCUT2D eigenvalue weighted by molar-refractivity contribution is 5.88. The van der Waals surface area contributed by atoms with Crippen LogP contribution in [0.25, 0.3) is 0 Å². The van der Waals surface area contributed by atoms with Crippen molar-refractivity contribution < 1.29 is 4.79 Å². The molecule has 1 aromatic carbocycles. The number of carbonyl (C=O) groups excluding carboxylic acids is 1. The molecule has 17 heavy (non-hydrogen) atoms. The van der Waals surface area contributed by atoms with E-state index >= 15 is 0 Å². The second-order valence-corrected chi connectivity index (χ2v) is 4.03. The topological polar surface area (TPSA) is 41.1 Å². The molecule has 0 aliphatic rings. The molecule has 0 fully saturated rings. The van der Waals surface area contributed by atoms with E-state index < -0.39 is 0 Å². The zero-order valence-corrected chi connectivity index (χ0v) is 10.5. The first-order valence-corrected chi connectivity index (χ1v) is 5.92. The Balaban J connectivity index is 2.60. The molecule has 0 radical (unpaired) electrons. The Kier molecular flexibility index (Phi) is 5.27. The summed E-state index contributed by atoms with van der Waals surface area (Å²) in [7, 11) is 0. The van der Waals surface area contributed by atoms with Crippen LogP contribution in [0, 0.1) is 0 Å². The molecule has 1 aromatic rings. The Morgan fingerprint density at radius 2 is 1.94 bits per heavy atom. The van der Waals surface area contributed by atoms with Gasteiger partial charge in [-0.2, -0.15) is 0 Å². The van der Waals surface area contributed by atoms with Crippen molar-refractivity contribution >= 4 is 17.3 Å². The van der Waals surface area contributed by atoms with Gasteiger partial charge in [-0.3, -0.25) is 4.79 Å². The normalized spacial score (nSPS) is 11.6. The Morgan fingerprint density at radius 1 is 1.35 bits per heavy atom. The third-order valence-corrected chi connectivity index (χ3v) is 2.44. The summed E-state index contributed by atoms with van der Waals surface area (Å²) in [5.41, 5.74) is 1.85. The van der Waals surface area contributed by atoms with E-state index in [1.54, 1.807) is 0 Å². The van der Waals surface area contributed by atoms with Crippen LogP contribution in [0.3, 0.4) is 0 Å². The van der Waals surface area contributed by atoms with Gasteiger partial charge in [-0.05, 0) is 30.7 Å². The van der Waals surface area contributed by atoms with E-state index in [0.29, 0.717) is 6.04 Å². The highest BCUT2D eigenvalue weighted by Crippen LogP contribution is 2.15. The Labute approximate surface area is 103 Å². The van der Waals surface area contributed by atoms with E-state index in [1.165, 1.54) is 6.92 Å². The highest BCUT2D eigenvalue weighted by atomic mass is 16.1. The molecule has 0 aromatic heterocycles. The van der Waals surface area contributed by atoms with Gasteiger partial charge < -0.3 is 10.6 Å². The number of nitrogens with one attached hydrogen (secondary N) is 2. The summed E-state index contributed by atoms with van der Waals surface area (Å²) in [6, 6.07) is 7.98. The van der Waals surface area contributed by atoms with Crippen LogP contribution in [0.15, 0.2) is 36.9 Å². The van der Waals surface area contributed by atoms with Crippen molar-refractivity contribution in [2.24, 2.45) is 0 Å². The van der Waals surface area contributed by atoms with E-state index in [-0.39, 0.29) is 5.91 Å². The maximum atomic E-state index is 10.9. The average Bonchev–Trinajstić information content (AvgIpc) is 2.30. The lowest BCUT2D eigenvalue weighted by Crippen LogP contribution is -2.15. The van der Waals surface area contributed by atoms with Crippen molar-refractivity contribution in [1.29, 1.82) is 0 Å². The van der Waals surface area contributed by atoms with Gasteiger partial charge in [0.05, 0.1) is 0 Å². The fourth-order valence-electron chi connectivity index (χ4n) is 1.63. The van der Waals surface area contributed by atoms with Crippen LogP contribution < -0.4 is 10.6 Å². The Hall–Kier alpha value is -1.77. The average molecular weight is 232 g/mol. The molecule has 0 bridgehead atoms. The van der Waals surface area contributed by atoms with Gasteiger partial charge in [0.1, 0.15) is 0 Å². The highest BCUT2D eigenvalue weighted by Gasteiger charge is 2.02. The Morgan fingerprint density at radius 3 is 2.41 bits per heavy atom. The second-order valence-electron chi connectivity index (χ2n) is 4.03. The summed E-state index contributed by atoms with van der Waals surface area (Å²) in [4.78, 5) is 10.9. The molecule has 0 heterocycles. The van der Waals surface area contributed by atoms with Gasteiger partial charge in [-0.15, -0.1) is 6.58 Å². The van der Waals surface area contributed by atoms with Gasteiger partial charge in [0.2, 0.25) is 5.91 Å². The van der Waals surface area contributed by atoms with Gasteiger partial charge in [0.15, 0.2) is 0 Å². The van der Waals surface area contributed by atoms with Gasteiger partial charge in [0.25, 0.3) is 0 Å². The predicted octanol–water partition coefficient (Wildman–Crippen LogP) is 3.41. The summed E-state index contributed by atoms with van der Waals surface area (Å²) < 4.78 is 0. The SMILES string of the molecule is C=C[C@@H](CCC)Nc1ccc(NC(C)=O)cc1. The number of benzene rings is 1. The smallest absolute Gasteiger partial charge is 0.221 e. The first-order chi connectivity index (χ1) is 8.15. The van der Waals surface area contributed by atoms with Crippen LogP contribution in [0.5, 0.6) is 0 Å². The quantitative estimate of drug-likeness (QED) is 0.738. The van der Waals surface area contributed by atoms with Crippen molar-refractivity contribution in [3.8, 4) is 0 Å². The largest absolute Gasteiger partial charge is 0.379 e. The Bertz CT molecular complexity index is 370. The van der Waals surface area contributed by atoms with Crippen molar-refractivity contribution in [3.63, 3.8) is 0 Å². The maximum absolute atomic E-state index is 10.9. The molecule has 1 atom stereocenters. The van der Waals surface area contributed by atoms with Crippen LogP contribution in [0.2, 0.25) is 0 Å². The lowest BCUT2D eigenvalue weighted by Gasteiger charge is -2.15. The maximum Gasteiger partial charge on any atom is 0.221 e. The van der Waals surface area contributed by atoms with Gasteiger partial charge >= 0.3 is 0 Å². The summed E-state index contributed by atoms with van der Waals surface area (Å²) in [6.45, 7) is 7.47. The molecule has 1 rings (SSSR count). The fourth-order valence-corrected chi connectivity index (χ4v) is 1.63. The fraction of sp³-hybridized carbons (Fsp3) is 0.357. The molecule has 3 nitrogen and oxygen atoms in total. The van der Waals surface area contributed by atoms with E-state index in [9.17, 15) is 4.79 Å².